The Hall–Kier alpha value is -2.63. The average Bonchev–Trinajstić information content (AvgIpc) is 3.11. The van der Waals surface area contributed by atoms with Crippen molar-refractivity contribution < 1.29 is 9.47 Å². The van der Waals surface area contributed by atoms with E-state index in [4.69, 9.17) is 9.47 Å². The number of guanidine groups is 1. The lowest BCUT2D eigenvalue weighted by atomic mass is 10.3. The first-order valence-electron chi connectivity index (χ1n) is 7.64. The fourth-order valence-electron chi connectivity index (χ4n) is 2.05. The molecule has 0 bridgehead atoms. The first-order chi connectivity index (χ1) is 11.3. The highest BCUT2D eigenvalue weighted by Crippen LogP contribution is 2.16. The number of rotatable bonds is 8. The van der Waals surface area contributed by atoms with E-state index in [-0.39, 0.29) is 0 Å². The lowest BCUT2D eigenvalue weighted by Crippen LogP contribution is -2.40. The molecule has 1 aromatic carbocycles. The Morgan fingerprint density at radius 2 is 1.70 bits per heavy atom. The van der Waals surface area contributed by atoms with Gasteiger partial charge < -0.3 is 24.7 Å². The molecule has 6 nitrogen and oxygen atoms in total. The molecule has 124 valence electrons. The minimum atomic E-state index is 0.560. The summed E-state index contributed by atoms with van der Waals surface area (Å²) in [6, 6.07) is 11.6. The summed E-state index contributed by atoms with van der Waals surface area (Å²) in [4.78, 5) is 4.19. The van der Waals surface area contributed by atoms with Gasteiger partial charge in [0.2, 0.25) is 0 Å². The monoisotopic (exact) mass is 316 g/mol. The highest BCUT2D eigenvalue weighted by Gasteiger charge is 1.98. The third kappa shape index (κ3) is 5.94. The first-order valence-corrected chi connectivity index (χ1v) is 7.64. The van der Waals surface area contributed by atoms with Gasteiger partial charge in [-0.1, -0.05) is 0 Å². The van der Waals surface area contributed by atoms with E-state index in [0.29, 0.717) is 13.2 Å². The van der Waals surface area contributed by atoms with Crippen LogP contribution in [0.4, 0.5) is 0 Å². The van der Waals surface area contributed by atoms with E-state index in [1.807, 2.05) is 48.8 Å². The number of hydrogen-bond acceptors (Lipinski definition) is 3. The van der Waals surface area contributed by atoms with E-state index >= 15 is 0 Å². The predicted octanol–water partition coefficient (Wildman–Crippen LogP) is 1.74. The lowest BCUT2D eigenvalue weighted by molar-refractivity contribution is 0.321. The Morgan fingerprint density at radius 3 is 2.35 bits per heavy atom. The summed E-state index contributed by atoms with van der Waals surface area (Å²) in [5.74, 6) is 2.42. The number of hydrogen-bond donors (Lipinski definition) is 2. The van der Waals surface area contributed by atoms with Crippen LogP contribution < -0.4 is 20.1 Å². The van der Waals surface area contributed by atoms with Crippen molar-refractivity contribution in [2.45, 2.75) is 6.54 Å². The number of aliphatic imine (C=N–C) groups is 1. The Morgan fingerprint density at radius 1 is 1.04 bits per heavy atom. The van der Waals surface area contributed by atoms with E-state index in [1.165, 1.54) is 0 Å². The van der Waals surface area contributed by atoms with Crippen LogP contribution >= 0.6 is 0 Å². The van der Waals surface area contributed by atoms with Crippen LogP contribution in [-0.4, -0.2) is 44.4 Å². The highest BCUT2D eigenvalue weighted by molar-refractivity contribution is 5.79. The summed E-state index contributed by atoms with van der Waals surface area (Å²) < 4.78 is 12.9. The molecule has 2 aromatic rings. The predicted molar refractivity (Wildman–Crippen MR) is 92.3 cm³/mol. The Kier molecular flexibility index (Phi) is 6.84. The molecule has 0 atom stereocenters. The van der Waals surface area contributed by atoms with Gasteiger partial charge in [-0.25, -0.2) is 0 Å². The molecule has 1 heterocycles. The average molecular weight is 316 g/mol. The van der Waals surface area contributed by atoms with Gasteiger partial charge >= 0.3 is 0 Å². The minimum Gasteiger partial charge on any atom is -0.497 e. The van der Waals surface area contributed by atoms with Gasteiger partial charge in [0.25, 0.3) is 0 Å². The zero-order valence-corrected chi connectivity index (χ0v) is 13.7. The third-order valence-electron chi connectivity index (χ3n) is 3.27. The van der Waals surface area contributed by atoms with E-state index in [1.54, 1.807) is 14.2 Å². The maximum atomic E-state index is 5.66. The van der Waals surface area contributed by atoms with Crippen molar-refractivity contribution in [1.82, 2.24) is 15.2 Å². The van der Waals surface area contributed by atoms with Crippen LogP contribution in [0.25, 0.3) is 0 Å². The van der Waals surface area contributed by atoms with Crippen LogP contribution in [0.3, 0.4) is 0 Å². The van der Waals surface area contributed by atoms with Crippen molar-refractivity contribution in [2.75, 3.05) is 33.9 Å². The zero-order valence-electron chi connectivity index (χ0n) is 13.7. The van der Waals surface area contributed by atoms with E-state index in [0.717, 1.165) is 30.5 Å². The second-order valence-electron chi connectivity index (χ2n) is 4.87. The van der Waals surface area contributed by atoms with Crippen molar-refractivity contribution in [3.63, 3.8) is 0 Å². The summed E-state index contributed by atoms with van der Waals surface area (Å²) >= 11 is 0. The maximum absolute atomic E-state index is 5.66. The number of nitrogens with zero attached hydrogens (tertiary/aromatic N) is 2. The second kappa shape index (κ2) is 9.40. The van der Waals surface area contributed by atoms with Crippen LogP contribution in [0.15, 0.2) is 53.8 Å². The van der Waals surface area contributed by atoms with E-state index in [9.17, 15) is 0 Å². The van der Waals surface area contributed by atoms with Gasteiger partial charge in [-0.2, -0.15) is 0 Å². The number of methoxy groups -OCH3 is 1. The molecule has 0 aliphatic rings. The van der Waals surface area contributed by atoms with Gasteiger partial charge in [0.1, 0.15) is 18.1 Å². The molecule has 6 heteroatoms. The molecule has 0 unspecified atom stereocenters. The molecular weight excluding hydrogens is 292 g/mol. The Labute approximate surface area is 137 Å². The van der Waals surface area contributed by atoms with Gasteiger partial charge in [-0.3, -0.25) is 4.99 Å². The summed E-state index contributed by atoms with van der Waals surface area (Å²) in [6.07, 6.45) is 4.08. The zero-order chi connectivity index (χ0) is 16.3. The molecule has 2 rings (SSSR count). The smallest absolute Gasteiger partial charge is 0.191 e. The highest BCUT2D eigenvalue weighted by atomic mass is 16.5. The molecule has 0 aliphatic heterocycles. The van der Waals surface area contributed by atoms with Crippen molar-refractivity contribution in [3.8, 4) is 11.5 Å². The van der Waals surface area contributed by atoms with Crippen LogP contribution in [0.1, 0.15) is 0 Å². The van der Waals surface area contributed by atoms with E-state index < -0.39 is 0 Å². The molecule has 0 aliphatic carbocycles. The van der Waals surface area contributed by atoms with Gasteiger partial charge in [0, 0.05) is 32.5 Å². The van der Waals surface area contributed by atoms with Crippen LogP contribution in [0.2, 0.25) is 0 Å². The molecule has 1 aromatic heterocycles. The number of ether oxygens (including phenoxy) is 2. The number of nitrogens with one attached hydrogen (secondary N) is 2. The van der Waals surface area contributed by atoms with Crippen LogP contribution in [-0.2, 0) is 6.54 Å². The Bertz CT molecular complexity index is 579. The molecule has 0 saturated heterocycles. The second-order valence-corrected chi connectivity index (χ2v) is 4.87. The molecule has 0 saturated carbocycles. The van der Waals surface area contributed by atoms with Gasteiger partial charge in [-0.15, -0.1) is 0 Å². The van der Waals surface area contributed by atoms with Gasteiger partial charge in [-0.05, 0) is 36.4 Å². The fraction of sp³-hybridized carbons (Fsp3) is 0.353. The molecule has 0 radical (unpaired) electrons. The maximum Gasteiger partial charge on any atom is 0.191 e. The van der Waals surface area contributed by atoms with Crippen molar-refractivity contribution >= 4 is 5.96 Å². The normalized spacial score (nSPS) is 11.1. The fourth-order valence-corrected chi connectivity index (χ4v) is 2.05. The van der Waals surface area contributed by atoms with Gasteiger partial charge in [0.15, 0.2) is 5.96 Å². The quantitative estimate of drug-likeness (QED) is 0.442. The van der Waals surface area contributed by atoms with Crippen LogP contribution in [0.5, 0.6) is 11.5 Å². The molecule has 2 N–H and O–H groups in total. The topological polar surface area (TPSA) is 59.8 Å². The molecular formula is C17H24N4O2. The number of aromatic nitrogens is 1. The molecule has 0 fully saturated rings. The van der Waals surface area contributed by atoms with Crippen molar-refractivity contribution in [2.24, 2.45) is 4.99 Å². The van der Waals surface area contributed by atoms with Crippen molar-refractivity contribution in [1.29, 1.82) is 0 Å². The molecule has 0 amide bonds. The van der Waals surface area contributed by atoms with E-state index in [2.05, 4.69) is 20.2 Å². The Balaban J connectivity index is 1.61. The summed E-state index contributed by atoms with van der Waals surface area (Å²) in [6.45, 7) is 2.95. The van der Waals surface area contributed by atoms with Gasteiger partial charge in [0.05, 0.1) is 13.7 Å². The van der Waals surface area contributed by atoms with Crippen molar-refractivity contribution in [3.05, 3.63) is 48.8 Å². The lowest BCUT2D eigenvalue weighted by Gasteiger charge is -2.13. The summed E-state index contributed by atoms with van der Waals surface area (Å²) in [5, 5.41) is 6.49. The SMILES string of the molecule is CN=C(NCCOc1ccc(OC)cc1)NCCn1cccc1. The van der Waals surface area contributed by atoms with Crippen LogP contribution in [0, 0.1) is 0 Å². The summed E-state index contributed by atoms with van der Waals surface area (Å²) in [7, 11) is 3.41. The largest absolute Gasteiger partial charge is 0.497 e. The molecule has 0 spiro atoms. The first kappa shape index (κ1) is 16.7. The summed E-state index contributed by atoms with van der Waals surface area (Å²) in [5.41, 5.74) is 0. The standard InChI is InChI=1S/C17H24N4O2/c1-18-17(19-9-13-21-11-3-4-12-21)20-10-14-23-16-7-5-15(22-2)6-8-16/h3-8,11-12H,9-10,13-14H2,1-2H3,(H2,18,19,20). The number of benzene rings is 1. The minimum absolute atomic E-state index is 0.560. The third-order valence-corrected chi connectivity index (χ3v) is 3.27. The molecule has 23 heavy (non-hydrogen) atoms.